The van der Waals surface area contributed by atoms with Gasteiger partial charge in [-0.3, -0.25) is 4.79 Å². The Morgan fingerprint density at radius 2 is 1.77 bits per heavy atom. The molecule has 1 heterocycles. The first-order valence-corrected chi connectivity index (χ1v) is 8.98. The van der Waals surface area contributed by atoms with Crippen molar-refractivity contribution < 1.29 is 9.53 Å². The lowest BCUT2D eigenvalue weighted by Crippen LogP contribution is -2.26. The van der Waals surface area contributed by atoms with E-state index in [-0.39, 0.29) is 5.91 Å². The van der Waals surface area contributed by atoms with Crippen molar-refractivity contribution in [2.24, 2.45) is 0 Å². The molecule has 3 aromatic rings. The fraction of sp³-hybridized carbons (Fsp3) is 0.174. The first kappa shape index (κ1) is 16.4. The lowest BCUT2D eigenvalue weighted by atomic mass is 9.99. The van der Waals surface area contributed by atoms with Crippen molar-refractivity contribution in [2.45, 2.75) is 12.8 Å². The van der Waals surface area contributed by atoms with Crippen molar-refractivity contribution in [3.05, 3.63) is 89.5 Å². The fourth-order valence-corrected chi connectivity index (χ4v) is 3.36. The Labute approximate surface area is 153 Å². The fourth-order valence-electron chi connectivity index (χ4n) is 3.36. The van der Waals surface area contributed by atoms with Gasteiger partial charge in [-0.15, -0.1) is 0 Å². The van der Waals surface area contributed by atoms with Gasteiger partial charge in [-0.1, -0.05) is 60.7 Å². The number of nitrogens with one attached hydrogen (secondary N) is 1. The summed E-state index contributed by atoms with van der Waals surface area (Å²) in [6.45, 7) is 1.38. The molecule has 0 atom stereocenters. The highest BCUT2D eigenvalue weighted by molar-refractivity contribution is 6.00. The maximum atomic E-state index is 12.7. The minimum absolute atomic E-state index is 0.0334. The summed E-state index contributed by atoms with van der Waals surface area (Å²) in [5.74, 6) is 0.962. The van der Waals surface area contributed by atoms with E-state index in [4.69, 9.17) is 4.74 Å². The van der Waals surface area contributed by atoms with E-state index < -0.39 is 0 Å². The molecule has 0 unspecified atom stereocenters. The highest BCUT2D eigenvalue weighted by Crippen LogP contribution is 2.26. The zero-order chi connectivity index (χ0) is 17.8. The lowest BCUT2D eigenvalue weighted by molar-refractivity contribution is 0.0955. The van der Waals surface area contributed by atoms with E-state index in [0.29, 0.717) is 12.1 Å². The lowest BCUT2D eigenvalue weighted by Gasteiger charge is -2.11. The van der Waals surface area contributed by atoms with Gasteiger partial charge < -0.3 is 10.1 Å². The van der Waals surface area contributed by atoms with Crippen molar-refractivity contribution >= 4 is 5.91 Å². The number of rotatable bonds is 5. The largest absolute Gasteiger partial charge is 0.493 e. The van der Waals surface area contributed by atoms with Crippen molar-refractivity contribution in [1.82, 2.24) is 5.32 Å². The molecular formula is C23H21NO2. The van der Waals surface area contributed by atoms with Crippen LogP contribution in [-0.4, -0.2) is 19.1 Å². The van der Waals surface area contributed by atoms with Gasteiger partial charge in [0.25, 0.3) is 5.91 Å². The molecule has 1 amide bonds. The Morgan fingerprint density at radius 3 is 2.65 bits per heavy atom. The summed E-state index contributed by atoms with van der Waals surface area (Å²) < 4.78 is 5.54. The number of benzene rings is 3. The Balaban J connectivity index is 1.43. The third-order valence-electron chi connectivity index (χ3n) is 4.71. The molecule has 3 heteroatoms. The summed E-state index contributed by atoms with van der Waals surface area (Å²) >= 11 is 0. The van der Waals surface area contributed by atoms with E-state index in [0.717, 1.165) is 36.3 Å². The van der Waals surface area contributed by atoms with Crippen LogP contribution in [0.25, 0.3) is 11.1 Å². The molecule has 0 saturated heterocycles. The minimum Gasteiger partial charge on any atom is -0.493 e. The van der Waals surface area contributed by atoms with Crippen molar-refractivity contribution in [2.75, 3.05) is 13.2 Å². The average Bonchev–Trinajstić information content (AvgIpc) is 3.16. The van der Waals surface area contributed by atoms with E-state index in [1.54, 1.807) is 0 Å². The molecule has 3 aromatic carbocycles. The smallest absolute Gasteiger partial charge is 0.251 e. The van der Waals surface area contributed by atoms with E-state index >= 15 is 0 Å². The summed E-state index contributed by atoms with van der Waals surface area (Å²) in [7, 11) is 0. The molecule has 26 heavy (non-hydrogen) atoms. The van der Waals surface area contributed by atoms with Gasteiger partial charge in [0.1, 0.15) is 5.75 Å². The number of hydrogen-bond acceptors (Lipinski definition) is 2. The maximum Gasteiger partial charge on any atom is 0.251 e. The molecule has 0 fully saturated rings. The van der Waals surface area contributed by atoms with Gasteiger partial charge in [-0.25, -0.2) is 0 Å². The van der Waals surface area contributed by atoms with Crippen LogP contribution < -0.4 is 10.1 Å². The standard InChI is InChI=1S/C23H21NO2/c25-23(21-9-5-4-8-20(21)18-6-2-1-3-7-18)24-14-12-17-10-11-22-19(16-17)13-15-26-22/h1-11,16H,12-15H2,(H,24,25). The number of hydrogen-bond donors (Lipinski definition) is 1. The van der Waals surface area contributed by atoms with Crippen LogP contribution in [0.5, 0.6) is 5.75 Å². The molecule has 0 saturated carbocycles. The third-order valence-corrected chi connectivity index (χ3v) is 4.71. The van der Waals surface area contributed by atoms with Gasteiger partial charge >= 0.3 is 0 Å². The Kier molecular flexibility index (Phi) is 4.69. The molecule has 1 N–H and O–H groups in total. The molecule has 4 rings (SSSR count). The minimum atomic E-state index is -0.0334. The second kappa shape index (κ2) is 7.44. The molecule has 0 radical (unpaired) electrons. The van der Waals surface area contributed by atoms with Crippen LogP contribution in [0.15, 0.2) is 72.8 Å². The first-order chi connectivity index (χ1) is 12.8. The van der Waals surface area contributed by atoms with Crippen LogP contribution in [0.2, 0.25) is 0 Å². The summed E-state index contributed by atoms with van der Waals surface area (Å²) in [6.07, 6.45) is 1.78. The molecule has 3 nitrogen and oxygen atoms in total. The summed E-state index contributed by atoms with van der Waals surface area (Å²) in [5, 5.41) is 3.06. The molecule has 0 spiro atoms. The Hall–Kier alpha value is -3.07. The zero-order valence-electron chi connectivity index (χ0n) is 14.6. The molecule has 1 aliphatic heterocycles. The number of fused-ring (bicyclic) bond motifs is 1. The molecule has 130 valence electrons. The van der Waals surface area contributed by atoms with E-state index in [9.17, 15) is 4.79 Å². The normalized spacial score (nSPS) is 12.3. The number of carbonyl (C=O) groups excluding carboxylic acids is 1. The summed E-state index contributed by atoms with van der Waals surface area (Å²) in [6, 6.07) is 24.0. The van der Waals surface area contributed by atoms with Crippen molar-refractivity contribution in [1.29, 1.82) is 0 Å². The second-order valence-electron chi connectivity index (χ2n) is 6.46. The van der Waals surface area contributed by atoms with E-state index in [2.05, 4.69) is 17.4 Å². The van der Waals surface area contributed by atoms with Gasteiger partial charge in [-0.05, 0) is 40.8 Å². The topological polar surface area (TPSA) is 38.3 Å². The Bertz CT molecular complexity index is 919. The Morgan fingerprint density at radius 1 is 0.962 bits per heavy atom. The SMILES string of the molecule is O=C(NCCc1ccc2c(c1)CCO2)c1ccccc1-c1ccccc1. The summed E-state index contributed by atoms with van der Waals surface area (Å²) in [5.41, 5.74) is 5.22. The summed E-state index contributed by atoms with van der Waals surface area (Å²) in [4.78, 5) is 12.7. The van der Waals surface area contributed by atoms with Crippen LogP contribution in [0, 0.1) is 0 Å². The quantitative estimate of drug-likeness (QED) is 0.752. The van der Waals surface area contributed by atoms with Gasteiger partial charge in [-0.2, -0.15) is 0 Å². The predicted molar refractivity (Wildman–Crippen MR) is 104 cm³/mol. The molecule has 0 bridgehead atoms. The molecule has 0 aromatic heterocycles. The number of carbonyl (C=O) groups is 1. The van der Waals surface area contributed by atoms with Crippen LogP contribution in [0.1, 0.15) is 21.5 Å². The van der Waals surface area contributed by atoms with E-state index in [1.807, 2.05) is 60.7 Å². The highest BCUT2D eigenvalue weighted by Gasteiger charge is 2.13. The second-order valence-corrected chi connectivity index (χ2v) is 6.46. The zero-order valence-corrected chi connectivity index (χ0v) is 14.6. The van der Waals surface area contributed by atoms with Gasteiger partial charge in [0.15, 0.2) is 0 Å². The number of ether oxygens (including phenoxy) is 1. The molecule has 0 aliphatic carbocycles. The monoisotopic (exact) mass is 343 g/mol. The van der Waals surface area contributed by atoms with Crippen LogP contribution in [-0.2, 0) is 12.8 Å². The van der Waals surface area contributed by atoms with Crippen LogP contribution in [0.3, 0.4) is 0 Å². The highest BCUT2D eigenvalue weighted by atomic mass is 16.5. The van der Waals surface area contributed by atoms with E-state index in [1.165, 1.54) is 11.1 Å². The molecule has 1 aliphatic rings. The van der Waals surface area contributed by atoms with Gasteiger partial charge in [0.05, 0.1) is 6.61 Å². The van der Waals surface area contributed by atoms with Gasteiger partial charge in [0, 0.05) is 18.5 Å². The van der Waals surface area contributed by atoms with Crippen LogP contribution in [0.4, 0.5) is 0 Å². The third kappa shape index (κ3) is 3.47. The van der Waals surface area contributed by atoms with Gasteiger partial charge in [0.2, 0.25) is 0 Å². The first-order valence-electron chi connectivity index (χ1n) is 8.98. The van der Waals surface area contributed by atoms with Crippen molar-refractivity contribution in [3.63, 3.8) is 0 Å². The number of amides is 1. The maximum absolute atomic E-state index is 12.7. The molecular weight excluding hydrogens is 322 g/mol. The average molecular weight is 343 g/mol. The van der Waals surface area contributed by atoms with Crippen LogP contribution >= 0.6 is 0 Å². The van der Waals surface area contributed by atoms with Crippen molar-refractivity contribution in [3.8, 4) is 16.9 Å². The predicted octanol–water partition coefficient (Wildman–Crippen LogP) is 4.26.